The minimum absolute atomic E-state index is 0.131. The van der Waals surface area contributed by atoms with Gasteiger partial charge < -0.3 is 5.11 Å². The van der Waals surface area contributed by atoms with Crippen LogP contribution >= 0.6 is 0 Å². The van der Waals surface area contributed by atoms with Crippen molar-refractivity contribution in [2.45, 2.75) is 19.8 Å². The Kier molecular flexibility index (Phi) is 3.76. The molecule has 1 aromatic carbocycles. The quantitative estimate of drug-likeness (QED) is 0.854. The molecule has 0 saturated carbocycles. The van der Waals surface area contributed by atoms with Crippen LogP contribution in [0.1, 0.15) is 18.4 Å². The SMILES string of the molecule is Cc1ccc(N2C(=O)CCN2CCCO)cc1. The molecule has 4 nitrogen and oxygen atoms in total. The molecule has 2 rings (SSSR count). The number of carbonyl (C=O) groups is 1. The fourth-order valence-corrected chi connectivity index (χ4v) is 2.05. The van der Waals surface area contributed by atoms with Crippen LogP contribution in [0, 0.1) is 6.92 Å². The number of aryl methyl sites for hydroxylation is 1. The topological polar surface area (TPSA) is 43.8 Å². The molecule has 1 aliphatic rings. The molecule has 0 aliphatic carbocycles. The van der Waals surface area contributed by atoms with Crippen LogP contribution in [0.25, 0.3) is 0 Å². The molecule has 92 valence electrons. The molecule has 1 fully saturated rings. The number of hydrazine groups is 1. The largest absolute Gasteiger partial charge is 0.396 e. The van der Waals surface area contributed by atoms with E-state index < -0.39 is 0 Å². The lowest BCUT2D eigenvalue weighted by Crippen LogP contribution is -2.39. The Morgan fingerprint density at radius 1 is 1.29 bits per heavy atom. The Morgan fingerprint density at radius 3 is 2.65 bits per heavy atom. The van der Waals surface area contributed by atoms with Crippen molar-refractivity contribution in [3.05, 3.63) is 29.8 Å². The van der Waals surface area contributed by atoms with Gasteiger partial charge in [0.25, 0.3) is 0 Å². The van der Waals surface area contributed by atoms with Crippen molar-refractivity contribution in [3.8, 4) is 0 Å². The highest BCUT2D eigenvalue weighted by Crippen LogP contribution is 2.23. The molecule has 4 heteroatoms. The van der Waals surface area contributed by atoms with E-state index in [2.05, 4.69) is 0 Å². The zero-order chi connectivity index (χ0) is 12.3. The van der Waals surface area contributed by atoms with Gasteiger partial charge in [-0.1, -0.05) is 17.7 Å². The lowest BCUT2D eigenvalue weighted by atomic mass is 10.2. The first kappa shape index (κ1) is 12.1. The second kappa shape index (κ2) is 5.29. The summed E-state index contributed by atoms with van der Waals surface area (Å²) in [4.78, 5) is 11.9. The van der Waals surface area contributed by atoms with Crippen molar-refractivity contribution >= 4 is 11.6 Å². The summed E-state index contributed by atoms with van der Waals surface area (Å²) in [5.74, 6) is 0.131. The average Bonchev–Trinajstić information content (AvgIpc) is 2.69. The van der Waals surface area contributed by atoms with Crippen LogP contribution in [0.15, 0.2) is 24.3 Å². The molecule has 1 saturated heterocycles. The summed E-state index contributed by atoms with van der Waals surface area (Å²) >= 11 is 0. The fraction of sp³-hybridized carbons (Fsp3) is 0.462. The van der Waals surface area contributed by atoms with E-state index >= 15 is 0 Å². The first-order valence-electron chi connectivity index (χ1n) is 5.97. The van der Waals surface area contributed by atoms with Gasteiger partial charge in [0.15, 0.2) is 0 Å². The lowest BCUT2D eigenvalue weighted by Gasteiger charge is -2.27. The van der Waals surface area contributed by atoms with Crippen molar-refractivity contribution in [2.75, 3.05) is 24.7 Å². The molecular weight excluding hydrogens is 216 g/mol. The minimum Gasteiger partial charge on any atom is -0.396 e. The molecule has 0 bridgehead atoms. The number of amides is 1. The Labute approximate surface area is 101 Å². The summed E-state index contributed by atoms with van der Waals surface area (Å²) in [7, 11) is 0. The van der Waals surface area contributed by atoms with Gasteiger partial charge in [0.05, 0.1) is 5.69 Å². The van der Waals surface area contributed by atoms with Gasteiger partial charge in [-0.15, -0.1) is 0 Å². The molecule has 0 unspecified atom stereocenters. The van der Waals surface area contributed by atoms with Crippen LogP contribution in [0.2, 0.25) is 0 Å². The second-order valence-corrected chi connectivity index (χ2v) is 4.32. The smallest absolute Gasteiger partial charge is 0.242 e. The van der Waals surface area contributed by atoms with E-state index in [1.807, 2.05) is 36.2 Å². The number of benzene rings is 1. The normalized spacial score (nSPS) is 16.8. The van der Waals surface area contributed by atoms with E-state index in [4.69, 9.17) is 5.11 Å². The molecule has 1 aliphatic heterocycles. The predicted octanol–water partition coefficient (Wildman–Crippen LogP) is 1.33. The number of aliphatic hydroxyl groups is 1. The molecule has 0 radical (unpaired) electrons. The van der Waals surface area contributed by atoms with E-state index in [1.54, 1.807) is 5.01 Å². The van der Waals surface area contributed by atoms with Crippen molar-refractivity contribution in [3.63, 3.8) is 0 Å². The summed E-state index contributed by atoms with van der Waals surface area (Å²) < 4.78 is 0. The lowest BCUT2D eigenvalue weighted by molar-refractivity contribution is -0.118. The average molecular weight is 234 g/mol. The third kappa shape index (κ3) is 2.65. The van der Waals surface area contributed by atoms with Crippen LogP contribution < -0.4 is 5.01 Å². The van der Waals surface area contributed by atoms with Crippen LogP contribution in [0.3, 0.4) is 0 Å². The molecule has 0 atom stereocenters. The Hall–Kier alpha value is -1.39. The van der Waals surface area contributed by atoms with Gasteiger partial charge in [-0.05, 0) is 25.5 Å². The van der Waals surface area contributed by atoms with Gasteiger partial charge in [0.1, 0.15) is 0 Å². The Morgan fingerprint density at radius 2 is 2.00 bits per heavy atom. The summed E-state index contributed by atoms with van der Waals surface area (Å²) in [6.07, 6.45) is 1.24. The van der Waals surface area contributed by atoms with Crippen molar-refractivity contribution in [1.82, 2.24) is 5.01 Å². The minimum atomic E-state index is 0.131. The van der Waals surface area contributed by atoms with E-state index in [1.165, 1.54) is 5.56 Å². The van der Waals surface area contributed by atoms with E-state index in [0.29, 0.717) is 12.8 Å². The zero-order valence-electron chi connectivity index (χ0n) is 10.1. The van der Waals surface area contributed by atoms with Crippen LogP contribution in [-0.2, 0) is 4.79 Å². The molecule has 17 heavy (non-hydrogen) atoms. The highest BCUT2D eigenvalue weighted by Gasteiger charge is 2.29. The predicted molar refractivity (Wildman–Crippen MR) is 66.6 cm³/mol. The number of carbonyl (C=O) groups excluding carboxylic acids is 1. The van der Waals surface area contributed by atoms with E-state index in [0.717, 1.165) is 18.8 Å². The highest BCUT2D eigenvalue weighted by atomic mass is 16.3. The van der Waals surface area contributed by atoms with Gasteiger partial charge in [-0.3, -0.25) is 4.79 Å². The van der Waals surface area contributed by atoms with Gasteiger partial charge in [-0.25, -0.2) is 10.0 Å². The van der Waals surface area contributed by atoms with Crippen molar-refractivity contribution in [2.24, 2.45) is 0 Å². The molecule has 0 aromatic heterocycles. The maximum absolute atomic E-state index is 11.9. The summed E-state index contributed by atoms with van der Waals surface area (Å²) in [6.45, 7) is 3.65. The van der Waals surface area contributed by atoms with Crippen LogP contribution in [-0.4, -0.2) is 35.7 Å². The molecule has 0 spiro atoms. The molecule has 1 aromatic rings. The summed E-state index contributed by atoms with van der Waals surface area (Å²) in [6, 6.07) is 7.94. The van der Waals surface area contributed by atoms with Gasteiger partial charge in [-0.2, -0.15) is 0 Å². The number of nitrogens with zero attached hydrogens (tertiary/aromatic N) is 2. The van der Waals surface area contributed by atoms with Gasteiger partial charge in [0, 0.05) is 26.1 Å². The number of rotatable bonds is 4. The zero-order valence-corrected chi connectivity index (χ0v) is 10.1. The Bertz CT molecular complexity index is 389. The monoisotopic (exact) mass is 234 g/mol. The second-order valence-electron chi connectivity index (χ2n) is 4.32. The molecule has 1 amide bonds. The van der Waals surface area contributed by atoms with Gasteiger partial charge >= 0.3 is 0 Å². The number of hydrogen-bond donors (Lipinski definition) is 1. The van der Waals surface area contributed by atoms with Crippen molar-refractivity contribution < 1.29 is 9.90 Å². The highest BCUT2D eigenvalue weighted by molar-refractivity contribution is 5.94. The molecular formula is C13H18N2O2. The molecule has 1 heterocycles. The first-order valence-corrected chi connectivity index (χ1v) is 5.97. The maximum atomic E-state index is 11.9. The van der Waals surface area contributed by atoms with E-state index in [-0.39, 0.29) is 12.5 Å². The van der Waals surface area contributed by atoms with E-state index in [9.17, 15) is 4.79 Å². The fourth-order valence-electron chi connectivity index (χ4n) is 2.05. The molecule has 1 N–H and O–H groups in total. The third-order valence-electron chi connectivity index (χ3n) is 2.96. The first-order chi connectivity index (χ1) is 8.22. The third-order valence-corrected chi connectivity index (χ3v) is 2.96. The summed E-state index contributed by atoms with van der Waals surface area (Å²) in [5, 5.41) is 12.6. The van der Waals surface area contributed by atoms with Crippen LogP contribution in [0.4, 0.5) is 5.69 Å². The number of hydrogen-bond acceptors (Lipinski definition) is 3. The van der Waals surface area contributed by atoms with Crippen LogP contribution in [0.5, 0.6) is 0 Å². The summed E-state index contributed by atoms with van der Waals surface area (Å²) in [5.41, 5.74) is 2.10. The maximum Gasteiger partial charge on any atom is 0.242 e. The van der Waals surface area contributed by atoms with Gasteiger partial charge in [0.2, 0.25) is 5.91 Å². The Balaban J connectivity index is 2.15. The number of anilines is 1. The number of aliphatic hydroxyl groups excluding tert-OH is 1. The van der Waals surface area contributed by atoms with Crippen molar-refractivity contribution in [1.29, 1.82) is 0 Å². The standard InChI is InChI=1S/C13H18N2O2/c1-11-3-5-12(6-4-11)15-13(17)7-9-14(15)8-2-10-16/h3-6,16H,2,7-10H2,1H3.